The topological polar surface area (TPSA) is 74.8 Å². The highest BCUT2D eigenvalue weighted by atomic mass is 32.2. The average molecular weight is 416 g/mol. The molecule has 0 aliphatic heterocycles. The van der Waals surface area contributed by atoms with Crippen molar-refractivity contribution in [3.63, 3.8) is 0 Å². The maximum Gasteiger partial charge on any atom is 0.260 e. The number of para-hydroxylation sites is 1. The van der Waals surface area contributed by atoms with Gasteiger partial charge in [-0.1, -0.05) is 50.2 Å². The maximum atomic E-state index is 12.7. The van der Waals surface area contributed by atoms with Gasteiger partial charge in [0.1, 0.15) is 4.83 Å². The van der Waals surface area contributed by atoms with Crippen molar-refractivity contribution in [3.8, 4) is 0 Å². The zero-order valence-electron chi connectivity index (χ0n) is 16.5. The minimum atomic E-state index is -0.388. The van der Waals surface area contributed by atoms with Gasteiger partial charge in [0, 0.05) is 10.6 Å². The van der Waals surface area contributed by atoms with Gasteiger partial charge >= 0.3 is 0 Å². The van der Waals surface area contributed by atoms with E-state index in [-0.39, 0.29) is 16.7 Å². The Morgan fingerprint density at radius 3 is 2.68 bits per heavy atom. The highest BCUT2D eigenvalue weighted by Crippen LogP contribution is 2.31. The van der Waals surface area contributed by atoms with E-state index < -0.39 is 0 Å². The molecule has 2 aromatic heterocycles. The monoisotopic (exact) mass is 415 g/mol. The molecule has 1 aromatic carbocycles. The van der Waals surface area contributed by atoms with E-state index in [1.165, 1.54) is 11.8 Å². The lowest BCUT2D eigenvalue weighted by Crippen LogP contribution is -2.23. The van der Waals surface area contributed by atoms with Crippen LogP contribution < -0.4 is 10.9 Å². The molecule has 0 spiro atoms. The number of aromatic amines is 1. The summed E-state index contributed by atoms with van der Waals surface area (Å²) in [7, 11) is 0. The number of benzene rings is 1. The van der Waals surface area contributed by atoms with E-state index in [1.807, 2.05) is 37.3 Å². The Kier molecular flexibility index (Phi) is 6.57. The summed E-state index contributed by atoms with van der Waals surface area (Å²) in [5.41, 5.74) is 1.74. The molecule has 0 fully saturated rings. The summed E-state index contributed by atoms with van der Waals surface area (Å²) in [5, 5.41) is 3.67. The minimum Gasteiger partial charge on any atom is -0.325 e. The van der Waals surface area contributed by atoms with Gasteiger partial charge in [-0.2, -0.15) is 0 Å². The molecule has 5 nitrogen and oxygen atoms in total. The van der Waals surface area contributed by atoms with E-state index in [4.69, 9.17) is 0 Å². The number of thiophene rings is 1. The van der Waals surface area contributed by atoms with Crippen LogP contribution in [0.1, 0.15) is 37.6 Å². The Bertz CT molecular complexity index is 1030. The van der Waals surface area contributed by atoms with Crippen LogP contribution in [-0.4, -0.2) is 21.1 Å². The van der Waals surface area contributed by atoms with Crippen LogP contribution in [0.4, 0.5) is 5.69 Å². The van der Waals surface area contributed by atoms with Crippen molar-refractivity contribution in [1.82, 2.24) is 9.97 Å². The lowest BCUT2D eigenvalue weighted by Gasteiger charge is -2.11. The van der Waals surface area contributed by atoms with E-state index in [1.54, 1.807) is 18.3 Å². The van der Waals surface area contributed by atoms with Gasteiger partial charge < -0.3 is 10.3 Å². The highest BCUT2D eigenvalue weighted by molar-refractivity contribution is 8.00. The number of carbonyl (C=O) groups excluding carboxylic acids is 1. The number of fused-ring (bicyclic) bond motifs is 1. The average Bonchev–Trinajstić information content (AvgIpc) is 2.97. The Balaban J connectivity index is 1.80. The fraction of sp³-hybridized carbons (Fsp3) is 0.381. The molecule has 0 aliphatic rings. The number of hydrogen-bond donors (Lipinski definition) is 2. The molecule has 0 saturated carbocycles. The second-order valence-corrected chi connectivity index (χ2v) is 9.55. The highest BCUT2D eigenvalue weighted by Gasteiger charge is 2.20. The molecule has 1 amide bonds. The lowest BCUT2D eigenvalue weighted by atomic mass is 9.98. The van der Waals surface area contributed by atoms with Crippen molar-refractivity contribution in [2.45, 2.75) is 50.9 Å². The first-order valence-electron chi connectivity index (χ1n) is 9.43. The summed E-state index contributed by atoms with van der Waals surface area (Å²) < 4.78 is 0. The predicted octanol–water partition coefficient (Wildman–Crippen LogP) is 5.00. The number of amides is 1. The number of carbonyl (C=O) groups is 1. The summed E-state index contributed by atoms with van der Waals surface area (Å²) in [5.74, 6) is 0.394. The number of anilines is 1. The van der Waals surface area contributed by atoms with Crippen molar-refractivity contribution in [3.05, 3.63) is 51.1 Å². The number of nitrogens with zero attached hydrogens (tertiary/aromatic N) is 1. The van der Waals surface area contributed by atoms with Crippen LogP contribution >= 0.6 is 23.1 Å². The zero-order valence-corrected chi connectivity index (χ0v) is 18.2. The maximum absolute atomic E-state index is 12.7. The summed E-state index contributed by atoms with van der Waals surface area (Å²) in [4.78, 5) is 34.6. The molecule has 3 aromatic rings. The number of aromatic nitrogens is 2. The first-order chi connectivity index (χ1) is 13.4. The molecule has 3 rings (SSSR count). The molecule has 0 aliphatic carbocycles. The zero-order chi connectivity index (χ0) is 20.3. The van der Waals surface area contributed by atoms with Crippen molar-refractivity contribution in [1.29, 1.82) is 0 Å². The van der Waals surface area contributed by atoms with E-state index in [2.05, 4.69) is 29.1 Å². The minimum absolute atomic E-state index is 0.120. The lowest BCUT2D eigenvalue weighted by molar-refractivity contribution is -0.115. The Morgan fingerprint density at radius 1 is 1.29 bits per heavy atom. The van der Waals surface area contributed by atoms with Gasteiger partial charge in [0.15, 0.2) is 5.16 Å². The van der Waals surface area contributed by atoms with E-state index >= 15 is 0 Å². The van der Waals surface area contributed by atoms with Crippen LogP contribution in [0, 0.1) is 12.8 Å². The molecule has 0 saturated heterocycles. The van der Waals surface area contributed by atoms with Gasteiger partial charge in [-0.05, 0) is 43.9 Å². The summed E-state index contributed by atoms with van der Waals surface area (Å²) in [6.45, 7) is 8.21. The number of H-pyrrole nitrogens is 1. The van der Waals surface area contributed by atoms with Crippen molar-refractivity contribution in [2.24, 2.45) is 5.92 Å². The first-order valence-corrected chi connectivity index (χ1v) is 11.1. The van der Waals surface area contributed by atoms with Crippen LogP contribution in [0.5, 0.6) is 0 Å². The smallest absolute Gasteiger partial charge is 0.260 e. The van der Waals surface area contributed by atoms with Crippen molar-refractivity contribution >= 4 is 44.9 Å². The third-order valence-corrected chi connectivity index (χ3v) is 6.82. The molecule has 7 heteroatoms. The SMILES string of the molecule is CC[C@@H](C)Cc1c(C)sc2nc(S[C@H](C)C(=O)Nc3ccccc3)[nH]c(=O)c12. The number of rotatable bonds is 7. The molecule has 0 unspecified atom stereocenters. The second kappa shape index (κ2) is 8.92. The van der Waals surface area contributed by atoms with Gasteiger partial charge in [0.2, 0.25) is 5.91 Å². The quantitative estimate of drug-likeness (QED) is 0.421. The molecule has 0 bridgehead atoms. The fourth-order valence-electron chi connectivity index (χ4n) is 2.94. The van der Waals surface area contributed by atoms with E-state index in [0.717, 1.165) is 33.8 Å². The first kappa shape index (κ1) is 20.6. The van der Waals surface area contributed by atoms with Gasteiger partial charge in [0.25, 0.3) is 5.56 Å². The summed E-state index contributed by atoms with van der Waals surface area (Å²) in [6.07, 6.45) is 1.96. The summed E-state index contributed by atoms with van der Waals surface area (Å²) in [6, 6.07) is 9.33. The van der Waals surface area contributed by atoms with Gasteiger partial charge in [-0.3, -0.25) is 9.59 Å². The third-order valence-electron chi connectivity index (χ3n) is 4.79. The van der Waals surface area contributed by atoms with Gasteiger partial charge in [-0.15, -0.1) is 11.3 Å². The molecule has 2 N–H and O–H groups in total. The van der Waals surface area contributed by atoms with Crippen LogP contribution in [0.2, 0.25) is 0 Å². The molecule has 0 radical (unpaired) electrons. The summed E-state index contributed by atoms with van der Waals surface area (Å²) >= 11 is 2.81. The third kappa shape index (κ3) is 4.64. The second-order valence-electron chi connectivity index (χ2n) is 7.02. The molecule has 2 heterocycles. The Hall–Kier alpha value is -2.12. The van der Waals surface area contributed by atoms with Gasteiger partial charge in [0.05, 0.1) is 10.6 Å². The Labute approximate surface area is 173 Å². The fourth-order valence-corrected chi connectivity index (χ4v) is 4.84. The molecule has 148 valence electrons. The van der Waals surface area contributed by atoms with Gasteiger partial charge in [-0.25, -0.2) is 4.98 Å². The van der Waals surface area contributed by atoms with E-state index in [0.29, 0.717) is 16.5 Å². The van der Waals surface area contributed by atoms with Crippen LogP contribution in [-0.2, 0) is 11.2 Å². The van der Waals surface area contributed by atoms with Crippen LogP contribution in [0.25, 0.3) is 10.2 Å². The van der Waals surface area contributed by atoms with Crippen molar-refractivity contribution < 1.29 is 4.79 Å². The predicted molar refractivity (Wildman–Crippen MR) is 119 cm³/mol. The largest absolute Gasteiger partial charge is 0.325 e. The van der Waals surface area contributed by atoms with Crippen molar-refractivity contribution in [2.75, 3.05) is 5.32 Å². The van der Waals surface area contributed by atoms with E-state index in [9.17, 15) is 9.59 Å². The molecule has 28 heavy (non-hydrogen) atoms. The van der Waals surface area contributed by atoms with Crippen LogP contribution in [0.3, 0.4) is 0 Å². The molecule has 2 atom stereocenters. The number of aryl methyl sites for hydroxylation is 1. The standard InChI is InChI=1S/C21H25N3O2S2/c1-5-12(2)11-16-13(3)27-20-17(16)19(26)23-21(24-20)28-14(4)18(25)22-15-9-7-6-8-10-15/h6-10,12,14H,5,11H2,1-4H3,(H,22,25)(H,23,24,26)/t12-,14-/m1/s1. The Morgan fingerprint density at radius 2 is 2.00 bits per heavy atom. The van der Waals surface area contributed by atoms with Crippen LogP contribution in [0.15, 0.2) is 40.3 Å². The normalized spacial score (nSPS) is 13.4. The molecular formula is C21H25N3O2S2. The number of thioether (sulfide) groups is 1. The number of hydrogen-bond acceptors (Lipinski definition) is 5. The number of nitrogens with one attached hydrogen (secondary N) is 2. The molecular weight excluding hydrogens is 390 g/mol.